The molecule has 64 valence electrons. The molecule has 0 heterocycles. The number of rotatable bonds is 4. The van der Waals surface area contributed by atoms with E-state index in [1.165, 1.54) is 0 Å². The molecule has 6 heteroatoms. The number of Topliss-reactive ketones (excluding diaryl/α,β-unsaturated/α-hetero) is 1. The third-order valence-corrected chi connectivity index (χ3v) is 1.04. The Morgan fingerprint density at radius 2 is 2.09 bits per heavy atom. The monoisotopic (exact) mass is 167 g/mol. The zero-order valence-electron chi connectivity index (χ0n) is 5.84. The van der Waals surface area contributed by atoms with Gasteiger partial charge in [0, 0.05) is 6.42 Å². The molecule has 0 spiro atoms. The number of carbonyl (C=O) groups is 1. The van der Waals surface area contributed by atoms with E-state index in [0.717, 1.165) is 6.92 Å². The highest BCUT2D eigenvalue weighted by Crippen LogP contribution is 2.20. The topological polar surface area (TPSA) is 60.2 Å². The van der Waals surface area contributed by atoms with Crippen LogP contribution in [0.25, 0.3) is 0 Å². The van der Waals surface area contributed by atoms with Crippen LogP contribution in [0.3, 0.4) is 0 Å². The summed E-state index contributed by atoms with van der Waals surface area (Å²) in [5, 5.41) is 9.58. The summed E-state index contributed by atoms with van der Waals surface area (Å²) in [7, 11) is 0. The summed E-state index contributed by atoms with van der Waals surface area (Å²) in [6.07, 6.45) is -1.48. The molecule has 0 aliphatic carbocycles. The van der Waals surface area contributed by atoms with Crippen molar-refractivity contribution in [2.75, 3.05) is 0 Å². The maximum atomic E-state index is 12.1. The zero-order valence-corrected chi connectivity index (χ0v) is 5.84. The zero-order chi connectivity index (χ0) is 9.07. The number of halogens is 2. The van der Waals surface area contributed by atoms with Gasteiger partial charge >= 0.3 is 6.05 Å². The molecule has 0 atom stereocenters. The second kappa shape index (κ2) is 3.36. The van der Waals surface area contributed by atoms with Crippen LogP contribution in [-0.2, 0) is 4.79 Å². The van der Waals surface area contributed by atoms with Crippen LogP contribution in [0.15, 0.2) is 0 Å². The summed E-state index contributed by atoms with van der Waals surface area (Å²) in [6.45, 7) is 1.11. The van der Waals surface area contributed by atoms with E-state index in [4.69, 9.17) is 0 Å². The second-order valence-electron chi connectivity index (χ2n) is 2.12. The first-order valence-electron chi connectivity index (χ1n) is 2.88. The second-order valence-corrected chi connectivity index (χ2v) is 2.12. The predicted molar refractivity (Wildman–Crippen MR) is 31.9 cm³/mol. The van der Waals surface area contributed by atoms with Crippen molar-refractivity contribution >= 4 is 5.78 Å². The van der Waals surface area contributed by atoms with Crippen LogP contribution in [0.5, 0.6) is 0 Å². The van der Waals surface area contributed by atoms with Crippen LogP contribution >= 0.6 is 0 Å². The highest BCUT2D eigenvalue weighted by Gasteiger charge is 2.43. The third-order valence-electron chi connectivity index (χ3n) is 1.04. The summed E-state index contributed by atoms with van der Waals surface area (Å²) >= 11 is 0. The standard InChI is InChI=1S/C5H7F2NO3/c1-4(9)2-3-5(6,7)8(10)11/h2-3H2,1H3. The Balaban J connectivity index is 3.92. The van der Waals surface area contributed by atoms with E-state index in [-0.39, 0.29) is 0 Å². The third kappa shape index (κ3) is 3.59. The SMILES string of the molecule is CC(=O)CCC(F)(F)[N+](=O)[O-]. The Bertz CT molecular complexity index is 181. The molecule has 11 heavy (non-hydrogen) atoms. The molecule has 0 amide bonds. The molecule has 0 N–H and O–H groups in total. The minimum absolute atomic E-state index is 0.464. The van der Waals surface area contributed by atoms with Crippen LogP contribution < -0.4 is 0 Å². The van der Waals surface area contributed by atoms with Gasteiger partial charge in [0.1, 0.15) is 5.78 Å². The van der Waals surface area contributed by atoms with E-state index >= 15 is 0 Å². The van der Waals surface area contributed by atoms with E-state index in [1.807, 2.05) is 0 Å². The Kier molecular flexibility index (Phi) is 3.03. The molecule has 0 radical (unpaired) electrons. The van der Waals surface area contributed by atoms with Crippen molar-refractivity contribution < 1.29 is 18.5 Å². The number of carbonyl (C=O) groups excluding carboxylic acids is 1. The first-order chi connectivity index (χ1) is 4.86. The van der Waals surface area contributed by atoms with E-state index in [1.54, 1.807) is 0 Å². The fraction of sp³-hybridized carbons (Fsp3) is 0.800. The van der Waals surface area contributed by atoms with Gasteiger partial charge in [0.2, 0.25) is 0 Å². The minimum Gasteiger partial charge on any atom is -0.300 e. The van der Waals surface area contributed by atoms with Gasteiger partial charge in [-0.05, 0) is 6.92 Å². The summed E-state index contributed by atoms with van der Waals surface area (Å²) in [4.78, 5) is 18.1. The quantitative estimate of drug-likeness (QED) is 0.359. The number of hydrogen-bond acceptors (Lipinski definition) is 3. The van der Waals surface area contributed by atoms with Crippen molar-refractivity contribution in [3.05, 3.63) is 10.1 Å². The largest absolute Gasteiger partial charge is 0.510 e. The van der Waals surface area contributed by atoms with Gasteiger partial charge in [-0.15, -0.1) is 8.78 Å². The molecule has 0 fully saturated rings. The molecule has 0 saturated carbocycles. The van der Waals surface area contributed by atoms with Crippen molar-refractivity contribution in [1.29, 1.82) is 0 Å². The van der Waals surface area contributed by atoms with Crippen LogP contribution in [0.1, 0.15) is 19.8 Å². The first kappa shape index (κ1) is 9.93. The summed E-state index contributed by atoms with van der Waals surface area (Å²) in [5.74, 6) is -0.480. The summed E-state index contributed by atoms with van der Waals surface area (Å²) in [6, 6.07) is -3.97. The Morgan fingerprint density at radius 1 is 1.64 bits per heavy atom. The maximum absolute atomic E-state index is 12.1. The molecule has 0 bridgehead atoms. The lowest BCUT2D eigenvalue weighted by Crippen LogP contribution is -2.27. The Morgan fingerprint density at radius 3 is 2.36 bits per heavy atom. The molecule has 0 aliphatic heterocycles. The highest BCUT2D eigenvalue weighted by atomic mass is 19.3. The van der Waals surface area contributed by atoms with Crippen LogP contribution in [-0.4, -0.2) is 16.8 Å². The van der Waals surface area contributed by atoms with Crippen molar-refractivity contribution in [1.82, 2.24) is 0 Å². The molecule has 0 unspecified atom stereocenters. The number of ketones is 1. The number of nitro groups is 1. The van der Waals surface area contributed by atoms with Gasteiger partial charge in [-0.2, -0.15) is 0 Å². The summed E-state index contributed by atoms with van der Waals surface area (Å²) < 4.78 is 24.1. The Hall–Kier alpha value is -1.07. The lowest BCUT2D eigenvalue weighted by atomic mass is 10.2. The average Bonchev–Trinajstić information content (AvgIpc) is 1.84. The lowest BCUT2D eigenvalue weighted by molar-refractivity contribution is -0.644. The van der Waals surface area contributed by atoms with E-state index in [9.17, 15) is 23.7 Å². The maximum Gasteiger partial charge on any atom is 0.510 e. The van der Waals surface area contributed by atoms with Gasteiger partial charge in [-0.25, -0.2) is 0 Å². The molecule has 0 aliphatic rings. The lowest BCUT2D eigenvalue weighted by Gasteiger charge is -2.04. The van der Waals surface area contributed by atoms with Gasteiger partial charge in [0.15, 0.2) is 0 Å². The van der Waals surface area contributed by atoms with Crippen LogP contribution in [0.2, 0.25) is 0 Å². The molecule has 0 aromatic heterocycles. The number of nitrogens with zero attached hydrogens (tertiary/aromatic N) is 1. The van der Waals surface area contributed by atoms with E-state index in [0.29, 0.717) is 0 Å². The smallest absolute Gasteiger partial charge is 0.300 e. The fourth-order valence-electron chi connectivity index (χ4n) is 0.418. The molecular formula is C5H7F2NO3. The van der Waals surface area contributed by atoms with E-state index < -0.39 is 29.6 Å². The predicted octanol–water partition coefficient (Wildman–Crippen LogP) is 1.23. The van der Waals surface area contributed by atoms with Crippen molar-refractivity contribution in [2.45, 2.75) is 25.8 Å². The van der Waals surface area contributed by atoms with Gasteiger partial charge in [0.25, 0.3) is 0 Å². The average molecular weight is 167 g/mol. The van der Waals surface area contributed by atoms with Crippen molar-refractivity contribution in [2.24, 2.45) is 0 Å². The van der Waals surface area contributed by atoms with Gasteiger partial charge in [0.05, 0.1) is 11.3 Å². The van der Waals surface area contributed by atoms with Crippen molar-refractivity contribution in [3.8, 4) is 0 Å². The molecule has 4 nitrogen and oxygen atoms in total. The summed E-state index contributed by atoms with van der Waals surface area (Å²) in [5.41, 5.74) is 0. The van der Waals surface area contributed by atoms with Crippen LogP contribution in [0.4, 0.5) is 8.78 Å². The molecule has 0 saturated heterocycles. The van der Waals surface area contributed by atoms with Crippen molar-refractivity contribution in [3.63, 3.8) is 0 Å². The molecule has 0 aromatic rings. The fourth-order valence-corrected chi connectivity index (χ4v) is 0.418. The first-order valence-corrected chi connectivity index (χ1v) is 2.88. The van der Waals surface area contributed by atoms with Crippen LogP contribution in [0, 0.1) is 10.1 Å². The minimum atomic E-state index is -3.97. The highest BCUT2D eigenvalue weighted by molar-refractivity contribution is 5.75. The van der Waals surface area contributed by atoms with Gasteiger partial charge in [-0.3, -0.25) is 10.1 Å². The normalized spacial score (nSPS) is 11.2. The molecule has 0 aromatic carbocycles. The van der Waals surface area contributed by atoms with Gasteiger partial charge in [-0.1, -0.05) is 0 Å². The number of hydrogen-bond donors (Lipinski definition) is 0. The Labute approximate surface area is 61.3 Å². The molecular weight excluding hydrogens is 160 g/mol. The van der Waals surface area contributed by atoms with Gasteiger partial charge < -0.3 is 4.79 Å². The molecule has 0 rings (SSSR count). The number of alkyl halides is 2. The van der Waals surface area contributed by atoms with E-state index in [2.05, 4.69) is 0 Å².